The minimum absolute atomic E-state index is 0.0110. The average molecular weight is 215 g/mol. The maximum atomic E-state index is 11.4. The van der Waals surface area contributed by atoms with Gasteiger partial charge in [0.1, 0.15) is 0 Å². The van der Waals surface area contributed by atoms with Crippen molar-refractivity contribution in [1.29, 1.82) is 0 Å². The summed E-state index contributed by atoms with van der Waals surface area (Å²) in [5.41, 5.74) is 5.89. The van der Waals surface area contributed by atoms with Gasteiger partial charge in [0.2, 0.25) is 0 Å². The molecular weight excluding hydrogens is 194 g/mol. The molecule has 2 N–H and O–H groups in total. The van der Waals surface area contributed by atoms with E-state index in [1.165, 1.54) is 7.11 Å². The number of rotatable bonds is 4. The van der Waals surface area contributed by atoms with Crippen LogP contribution in [0.1, 0.15) is 32.6 Å². The van der Waals surface area contributed by atoms with Gasteiger partial charge in [-0.3, -0.25) is 4.79 Å². The second-order valence-electron chi connectivity index (χ2n) is 4.29. The molecule has 0 aliphatic carbocycles. The lowest BCUT2D eigenvalue weighted by Gasteiger charge is -2.40. The zero-order chi connectivity index (χ0) is 11.3. The molecule has 4 heteroatoms. The molecule has 0 radical (unpaired) electrons. The molecule has 2 atom stereocenters. The van der Waals surface area contributed by atoms with Crippen LogP contribution in [0.3, 0.4) is 0 Å². The third-order valence-corrected chi connectivity index (χ3v) is 3.30. The summed E-state index contributed by atoms with van der Waals surface area (Å²) in [5, 5.41) is 0. The summed E-state index contributed by atoms with van der Waals surface area (Å²) in [7, 11) is 1.41. The number of methoxy groups -OCH3 is 1. The second-order valence-corrected chi connectivity index (χ2v) is 4.29. The standard InChI is InChI=1S/C11H21NO3/c1-3-9(12)11(7-10(13)14-2)5-4-6-15-8-11/h9H,3-8,12H2,1-2H3. The van der Waals surface area contributed by atoms with Gasteiger partial charge in [-0.05, 0) is 19.3 Å². The Morgan fingerprint density at radius 3 is 2.87 bits per heavy atom. The summed E-state index contributed by atoms with van der Waals surface area (Å²) < 4.78 is 10.2. The van der Waals surface area contributed by atoms with E-state index in [-0.39, 0.29) is 17.4 Å². The van der Waals surface area contributed by atoms with Crippen LogP contribution in [0.15, 0.2) is 0 Å². The van der Waals surface area contributed by atoms with Crippen LogP contribution >= 0.6 is 0 Å². The summed E-state index contributed by atoms with van der Waals surface area (Å²) >= 11 is 0. The summed E-state index contributed by atoms with van der Waals surface area (Å²) in [6, 6.07) is 0.0110. The fourth-order valence-electron chi connectivity index (χ4n) is 2.23. The number of carbonyl (C=O) groups is 1. The molecule has 0 bridgehead atoms. The molecule has 0 spiro atoms. The second kappa shape index (κ2) is 5.47. The van der Waals surface area contributed by atoms with E-state index in [1.54, 1.807) is 0 Å². The third kappa shape index (κ3) is 2.92. The lowest BCUT2D eigenvalue weighted by atomic mass is 9.72. The van der Waals surface area contributed by atoms with Gasteiger partial charge in [-0.2, -0.15) is 0 Å². The number of carbonyl (C=O) groups excluding carboxylic acids is 1. The molecule has 4 nitrogen and oxygen atoms in total. The van der Waals surface area contributed by atoms with Gasteiger partial charge in [0.05, 0.1) is 20.1 Å². The Labute approximate surface area is 91.1 Å². The van der Waals surface area contributed by atoms with Crippen LogP contribution in [0.2, 0.25) is 0 Å². The summed E-state index contributed by atoms with van der Waals surface area (Å²) in [6.07, 6.45) is 3.17. The highest BCUT2D eigenvalue weighted by atomic mass is 16.5. The van der Waals surface area contributed by atoms with Crippen LogP contribution in [0, 0.1) is 5.41 Å². The number of hydrogen-bond donors (Lipinski definition) is 1. The van der Waals surface area contributed by atoms with Crippen molar-refractivity contribution in [2.75, 3.05) is 20.3 Å². The van der Waals surface area contributed by atoms with Crippen molar-refractivity contribution in [2.24, 2.45) is 11.1 Å². The van der Waals surface area contributed by atoms with Crippen LogP contribution in [-0.2, 0) is 14.3 Å². The first kappa shape index (κ1) is 12.5. The molecule has 0 saturated carbocycles. The van der Waals surface area contributed by atoms with Crippen molar-refractivity contribution >= 4 is 5.97 Å². The first-order valence-electron chi connectivity index (χ1n) is 5.55. The smallest absolute Gasteiger partial charge is 0.306 e. The van der Waals surface area contributed by atoms with Gasteiger partial charge in [0.15, 0.2) is 0 Å². The highest BCUT2D eigenvalue weighted by Gasteiger charge is 2.40. The fraction of sp³-hybridized carbons (Fsp3) is 0.909. The Balaban J connectivity index is 2.70. The van der Waals surface area contributed by atoms with Gasteiger partial charge in [-0.15, -0.1) is 0 Å². The largest absolute Gasteiger partial charge is 0.469 e. The molecule has 0 aromatic carbocycles. The molecule has 0 aromatic rings. The molecule has 0 amide bonds. The number of esters is 1. The van der Waals surface area contributed by atoms with Crippen LogP contribution in [-0.4, -0.2) is 32.3 Å². The van der Waals surface area contributed by atoms with Crippen molar-refractivity contribution in [3.8, 4) is 0 Å². The molecule has 88 valence electrons. The van der Waals surface area contributed by atoms with E-state index in [9.17, 15) is 4.79 Å². The van der Waals surface area contributed by atoms with Crippen LogP contribution < -0.4 is 5.73 Å². The summed E-state index contributed by atoms with van der Waals surface area (Å²) in [4.78, 5) is 11.4. The van der Waals surface area contributed by atoms with E-state index in [0.717, 1.165) is 25.9 Å². The fourth-order valence-corrected chi connectivity index (χ4v) is 2.23. The Kier molecular flexibility index (Phi) is 4.54. The molecule has 0 aromatic heterocycles. The van der Waals surface area contributed by atoms with E-state index < -0.39 is 0 Å². The van der Waals surface area contributed by atoms with Crippen LogP contribution in [0.4, 0.5) is 0 Å². The molecule has 1 saturated heterocycles. The Hall–Kier alpha value is -0.610. The van der Waals surface area contributed by atoms with E-state index >= 15 is 0 Å². The normalized spacial score (nSPS) is 28.5. The van der Waals surface area contributed by atoms with E-state index in [0.29, 0.717) is 13.0 Å². The lowest BCUT2D eigenvalue weighted by molar-refractivity contribution is -0.147. The van der Waals surface area contributed by atoms with Crippen molar-refractivity contribution in [3.63, 3.8) is 0 Å². The van der Waals surface area contributed by atoms with E-state index in [1.807, 2.05) is 6.92 Å². The molecule has 2 unspecified atom stereocenters. The van der Waals surface area contributed by atoms with Crippen LogP contribution in [0.5, 0.6) is 0 Å². The monoisotopic (exact) mass is 215 g/mol. The molecule has 1 aliphatic heterocycles. The van der Waals surface area contributed by atoms with E-state index in [2.05, 4.69) is 0 Å². The zero-order valence-electron chi connectivity index (χ0n) is 9.62. The summed E-state index contributed by atoms with van der Waals surface area (Å²) in [5.74, 6) is -0.190. The SMILES string of the molecule is CCC(N)C1(CC(=O)OC)CCCOC1. The first-order valence-corrected chi connectivity index (χ1v) is 5.55. The van der Waals surface area contributed by atoms with Gasteiger partial charge in [0, 0.05) is 18.1 Å². The molecule has 1 fully saturated rings. The molecule has 1 rings (SSSR count). The zero-order valence-corrected chi connectivity index (χ0v) is 9.62. The van der Waals surface area contributed by atoms with Crippen molar-refractivity contribution in [1.82, 2.24) is 0 Å². The van der Waals surface area contributed by atoms with Gasteiger partial charge >= 0.3 is 5.97 Å². The van der Waals surface area contributed by atoms with Crippen LogP contribution in [0.25, 0.3) is 0 Å². The number of nitrogens with two attached hydrogens (primary N) is 1. The van der Waals surface area contributed by atoms with Gasteiger partial charge in [-0.25, -0.2) is 0 Å². The molecular formula is C11H21NO3. The maximum absolute atomic E-state index is 11.4. The van der Waals surface area contributed by atoms with Gasteiger partial charge < -0.3 is 15.2 Å². The Bertz CT molecular complexity index is 212. The van der Waals surface area contributed by atoms with Crippen molar-refractivity contribution in [3.05, 3.63) is 0 Å². The van der Waals surface area contributed by atoms with Gasteiger partial charge in [-0.1, -0.05) is 6.92 Å². The highest BCUT2D eigenvalue weighted by molar-refractivity contribution is 5.70. The van der Waals surface area contributed by atoms with Crippen molar-refractivity contribution < 1.29 is 14.3 Å². The minimum atomic E-state index is -0.208. The van der Waals surface area contributed by atoms with E-state index in [4.69, 9.17) is 15.2 Å². The number of ether oxygens (including phenoxy) is 2. The Morgan fingerprint density at radius 2 is 2.40 bits per heavy atom. The predicted octanol–water partition coefficient (Wildman–Crippen LogP) is 1.08. The van der Waals surface area contributed by atoms with Crippen molar-refractivity contribution in [2.45, 2.75) is 38.6 Å². The number of hydrogen-bond acceptors (Lipinski definition) is 4. The summed E-state index contributed by atoms with van der Waals surface area (Å²) in [6.45, 7) is 3.40. The maximum Gasteiger partial charge on any atom is 0.306 e. The predicted molar refractivity (Wildman–Crippen MR) is 57.4 cm³/mol. The molecule has 15 heavy (non-hydrogen) atoms. The lowest BCUT2D eigenvalue weighted by Crippen LogP contribution is -2.48. The topological polar surface area (TPSA) is 61.6 Å². The highest BCUT2D eigenvalue weighted by Crippen LogP contribution is 2.36. The Morgan fingerprint density at radius 1 is 1.67 bits per heavy atom. The van der Waals surface area contributed by atoms with Gasteiger partial charge in [0.25, 0.3) is 0 Å². The minimum Gasteiger partial charge on any atom is -0.469 e. The molecule has 1 heterocycles. The third-order valence-electron chi connectivity index (χ3n) is 3.30. The quantitative estimate of drug-likeness (QED) is 0.713. The molecule has 1 aliphatic rings. The first-order chi connectivity index (χ1) is 7.14. The average Bonchev–Trinajstić information content (AvgIpc) is 2.29.